The number of hydrogen-bond acceptors (Lipinski definition) is 5. The highest BCUT2D eigenvalue weighted by atomic mass is 32.1. The van der Waals surface area contributed by atoms with Crippen LogP contribution in [0.4, 0.5) is 5.13 Å². The molecule has 2 heterocycles. The number of anilines is 1. The number of rotatable bonds is 1. The normalized spacial score (nSPS) is 29.4. The zero-order valence-electron chi connectivity index (χ0n) is 12.6. The van der Waals surface area contributed by atoms with Gasteiger partial charge in [0.15, 0.2) is 10.9 Å². The van der Waals surface area contributed by atoms with Crippen molar-refractivity contribution in [3.63, 3.8) is 0 Å². The molecular weight excluding hydrogens is 272 g/mol. The van der Waals surface area contributed by atoms with Crippen LogP contribution < -0.4 is 4.90 Å². The maximum absolute atomic E-state index is 12.3. The quantitative estimate of drug-likeness (QED) is 0.798. The first-order valence-corrected chi connectivity index (χ1v) is 8.09. The van der Waals surface area contributed by atoms with E-state index in [0.29, 0.717) is 6.42 Å². The number of carbonyl (C=O) groups excluding carboxylic acids is 1. The fourth-order valence-corrected chi connectivity index (χ4v) is 4.22. The fraction of sp³-hybridized carbons (Fsp3) is 0.733. The van der Waals surface area contributed by atoms with E-state index in [1.165, 1.54) is 0 Å². The minimum atomic E-state index is 0.0427. The van der Waals surface area contributed by atoms with Crippen LogP contribution >= 0.6 is 11.3 Å². The molecule has 2 atom stereocenters. The lowest BCUT2D eigenvalue weighted by Crippen LogP contribution is -2.45. The van der Waals surface area contributed by atoms with Gasteiger partial charge < -0.3 is 9.64 Å². The fourth-order valence-electron chi connectivity index (χ4n) is 3.18. The summed E-state index contributed by atoms with van der Waals surface area (Å²) in [5.74, 6) is 0.259. The van der Waals surface area contributed by atoms with Crippen molar-refractivity contribution in [2.45, 2.75) is 52.7 Å². The summed E-state index contributed by atoms with van der Waals surface area (Å²) in [5.41, 5.74) is 1.04. The first kappa shape index (κ1) is 14.0. The predicted octanol–water partition coefficient (Wildman–Crippen LogP) is 2.91. The average Bonchev–Trinajstić information content (AvgIpc) is 2.69. The number of morpholine rings is 1. The molecule has 1 saturated heterocycles. The van der Waals surface area contributed by atoms with E-state index in [2.05, 4.69) is 32.6 Å². The van der Waals surface area contributed by atoms with Gasteiger partial charge in [-0.1, -0.05) is 25.2 Å². The first-order chi connectivity index (χ1) is 9.34. The Balaban J connectivity index is 1.88. The van der Waals surface area contributed by atoms with E-state index in [0.717, 1.165) is 35.2 Å². The SMILES string of the molecule is C[C@@H]1CN(c2nc3c(s2)C(=O)CC(C)(C)C3)C[C@H](C)O1. The van der Waals surface area contributed by atoms with Gasteiger partial charge in [0.1, 0.15) is 0 Å². The molecule has 0 unspecified atom stereocenters. The number of ketones is 1. The Morgan fingerprint density at radius 3 is 2.55 bits per heavy atom. The largest absolute Gasteiger partial charge is 0.372 e. The molecule has 0 amide bonds. The van der Waals surface area contributed by atoms with Gasteiger partial charge in [0.05, 0.1) is 22.8 Å². The summed E-state index contributed by atoms with van der Waals surface area (Å²) in [4.78, 5) is 20.2. The Hall–Kier alpha value is -0.940. The number of fused-ring (bicyclic) bond motifs is 1. The number of ether oxygens (including phenoxy) is 1. The highest BCUT2D eigenvalue weighted by Gasteiger charge is 2.35. The minimum absolute atomic E-state index is 0.0427. The summed E-state index contributed by atoms with van der Waals surface area (Å²) in [6.07, 6.45) is 1.97. The van der Waals surface area contributed by atoms with Crippen molar-refractivity contribution in [3.05, 3.63) is 10.6 Å². The monoisotopic (exact) mass is 294 g/mol. The molecule has 0 saturated carbocycles. The van der Waals surface area contributed by atoms with Crippen molar-refractivity contribution >= 4 is 22.3 Å². The van der Waals surface area contributed by atoms with E-state index >= 15 is 0 Å². The van der Waals surface area contributed by atoms with Crippen LogP contribution in [0, 0.1) is 5.41 Å². The molecule has 0 N–H and O–H groups in total. The summed E-state index contributed by atoms with van der Waals surface area (Å²) < 4.78 is 5.76. The van der Waals surface area contributed by atoms with Crippen LogP contribution in [-0.4, -0.2) is 36.1 Å². The minimum Gasteiger partial charge on any atom is -0.372 e. The van der Waals surface area contributed by atoms with Crippen molar-refractivity contribution in [1.82, 2.24) is 4.98 Å². The highest BCUT2D eigenvalue weighted by Crippen LogP contribution is 2.39. The molecule has 1 aromatic heterocycles. The number of hydrogen-bond donors (Lipinski definition) is 0. The van der Waals surface area contributed by atoms with Crippen LogP contribution in [0.1, 0.15) is 49.5 Å². The van der Waals surface area contributed by atoms with Crippen LogP contribution in [0.25, 0.3) is 0 Å². The van der Waals surface area contributed by atoms with Gasteiger partial charge in [-0.05, 0) is 25.7 Å². The molecule has 2 aliphatic rings. The van der Waals surface area contributed by atoms with Crippen LogP contribution in [0.3, 0.4) is 0 Å². The summed E-state index contributed by atoms with van der Waals surface area (Å²) in [6, 6.07) is 0. The molecule has 4 nitrogen and oxygen atoms in total. The topological polar surface area (TPSA) is 42.4 Å². The molecule has 0 radical (unpaired) electrons. The second kappa shape index (κ2) is 4.81. The number of thiazole rings is 1. The molecule has 1 fully saturated rings. The van der Waals surface area contributed by atoms with Crippen molar-refractivity contribution in [2.24, 2.45) is 5.41 Å². The lowest BCUT2D eigenvalue weighted by atomic mass is 9.78. The van der Waals surface area contributed by atoms with Crippen LogP contribution in [0.15, 0.2) is 0 Å². The van der Waals surface area contributed by atoms with Crippen molar-refractivity contribution < 1.29 is 9.53 Å². The Morgan fingerprint density at radius 2 is 1.90 bits per heavy atom. The molecule has 20 heavy (non-hydrogen) atoms. The van der Waals surface area contributed by atoms with Gasteiger partial charge in [-0.15, -0.1) is 0 Å². The summed E-state index contributed by atoms with van der Waals surface area (Å²) in [6.45, 7) is 10.2. The highest BCUT2D eigenvalue weighted by molar-refractivity contribution is 7.17. The second-order valence-corrected chi connectivity index (χ2v) is 7.85. The zero-order valence-corrected chi connectivity index (χ0v) is 13.4. The molecule has 0 bridgehead atoms. The number of Topliss-reactive ketones (excluding diaryl/α,β-unsaturated/α-hetero) is 1. The Labute approximate surface area is 124 Å². The van der Waals surface area contributed by atoms with Crippen LogP contribution in [0.2, 0.25) is 0 Å². The van der Waals surface area contributed by atoms with Gasteiger partial charge in [-0.2, -0.15) is 0 Å². The summed E-state index contributed by atoms with van der Waals surface area (Å²) in [7, 11) is 0. The van der Waals surface area contributed by atoms with Crippen molar-refractivity contribution in [3.8, 4) is 0 Å². The Morgan fingerprint density at radius 1 is 1.25 bits per heavy atom. The molecule has 0 aromatic carbocycles. The third-order valence-electron chi connectivity index (χ3n) is 3.91. The van der Waals surface area contributed by atoms with Crippen LogP contribution in [0.5, 0.6) is 0 Å². The number of nitrogens with zero attached hydrogens (tertiary/aromatic N) is 2. The van der Waals surface area contributed by atoms with Gasteiger partial charge in [0.25, 0.3) is 0 Å². The van der Waals surface area contributed by atoms with E-state index in [9.17, 15) is 4.79 Å². The molecule has 3 rings (SSSR count). The van der Waals surface area contributed by atoms with Gasteiger partial charge in [-0.25, -0.2) is 4.98 Å². The van der Waals surface area contributed by atoms with E-state index in [1.807, 2.05) is 0 Å². The summed E-state index contributed by atoms with van der Waals surface area (Å²) in [5, 5.41) is 0.989. The molecular formula is C15H22N2O2S. The van der Waals surface area contributed by atoms with Gasteiger partial charge in [-0.3, -0.25) is 4.79 Å². The zero-order chi connectivity index (χ0) is 14.5. The number of carbonyl (C=O) groups is 1. The summed E-state index contributed by atoms with van der Waals surface area (Å²) >= 11 is 1.56. The smallest absolute Gasteiger partial charge is 0.186 e. The maximum atomic E-state index is 12.3. The van der Waals surface area contributed by atoms with E-state index in [4.69, 9.17) is 9.72 Å². The molecule has 1 aliphatic carbocycles. The van der Waals surface area contributed by atoms with Gasteiger partial charge in [0.2, 0.25) is 0 Å². The Bertz CT molecular complexity index is 528. The van der Waals surface area contributed by atoms with Crippen molar-refractivity contribution in [1.29, 1.82) is 0 Å². The Kier molecular flexibility index (Phi) is 3.37. The molecule has 0 spiro atoms. The lowest BCUT2D eigenvalue weighted by Gasteiger charge is -2.35. The van der Waals surface area contributed by atoms with E-state index < -0.39 is 0 Å². The third-order valence-corrected chi connectivity index (χ3v) is 5.11. The molecule has 1 aromatic rings. The third kappa shape index (κ3) is 2.61. The van der Waals surface area contributed by atoms with E-state index in [1.54, 1.807) is 11.3 Å². The maximum Gasteiger partial charge on any atom is 0.186 e. The number of aromatic nitrogens is 1. The predicted molar refractivity (Wildman–Crippen MR) is 80.8 cm³/mol. The second-order valence-electron chi connectivity index (χ2n) is 6.88. The molecule has 110 valence electrons. The molecule has 5 heteroatoms. The van der Waals surface area contributed by atoms with Gasteiger partial charge in [0, 0.05) is 19.5 Å². The average molecular weight is 294 g/mol. The van der Waals surface area contributed by atoms with Gasteiger partial charge >= 0.3 is 0 Å². The molecule has 1 aliphatic heterocycles. The first-order valence-electron chi connectivity index (χ1n) is 7.27. The lowest BCUT2D eigenvalue weighted by molar-refractivity contribution is -0.00524. The van der Waals surface area contributed by atoms with E-state index in [-0.39, 0.29) is 23.4 Å². The standard InChI is InChI=1S/C15H22N2O2S/c1-9-7-17(8-10(2)19-9)14-16-11-5-15(3,4)6-12(18)13(11)20-14/h9-10H,5-8H2,1-4H3/t9-,10+. The van der Waals surface area contributed by atoms with Crippen molar-refractivity contribution in [2.75, 3.05) is 18.0 Å². The van der Waals surface area contributed by atoms with Crippen LogP contribution in [-0.2, 0) is 11.2 Å².